The number of aryl methyl sites for hydroxylation is 1. The Bertz CT molecular complexity index is 1240. The first-order valence-electron chi connectivity index (χ1n) is 12.2. The first-order valence-corrected chi connectivity index (χ1v) is 12.2. The highest BCUT2D eigenvalue weighted by Crippen LogP contribution is 2.57. The van der Waals surface area contributed by atoms with Gasteiger partial charge in [-0.25, -0.2) is 18.3 Å². The number of pyridine rings is 1. The van der Waals surface area contributed by atoms with E-state index in [0.717, 1.165) is 33.9 Å². The Labute approximate surface area is 207 Å². The van der Waals surface area contributed by atoms with Crippen LogP contribution in [0.3, 0.4) is 0 Å². The number of aromatic nitrogens is 4. The van der Waals surface area contributed by atoms with E-state index < -0.39 is 6.43 Å². The molecule has 0 unspecified atom stereocenters. The fourth-order valence-corrected chi connectivity index (χ4v) is 5.28. The molecule has 0 aromatic carbocycles. The third kappa shape index (κ3) is 5.38. The van der Waals surface area contributed by atoms with E-state index in [1.807, 2.05) is 49.7 Å². The van der Waals surface area contributed by atoms with Gasteiger partial charge in [0.25, 0.3) is 0 Å². The van der Waals surface area contributed by atoms with Crippen molar-refractivity contribution in [3.8, 4) is 11.3 Å². The number of anilines is 1. The van der Waals surface area contributed by atoms with Crippen LogP contribution in [-0.2, 0) is 0 Å². The summed E-state index contributed by atoms with van der Waals surface area (Å²) in [6.07, 6.45) is 5.87. The number of aliphatic imine (C=N–C) groups is 1. The molecule has 0 spiro atoms. The number of nitrogens with one attached hydrogen (secondary N) is 1. The van der Waals surface area contributed by atoms with E-state index in [1.54, 1.807) is 0 Å². The molecule has 1 N–H and O–H groups in total. The summed E-state index contributed by atoms with van der Waals surface area (Å²) in [4.78, 5) is 13.9. The topological polar surface area (TPSA) is 67.5 Å². The van der Waals surface area contributed by atoms with Crippen molar-refractivity contribution in [2.75, 3.05) is 5.32 Å². The van der Waals surface area contributed by atoms with E-state index in [0.29, 0.717) is 17.0 Å². The Morgan fingerprint density at radius 1 is 1.17 bits per heavy atom. The van der Waals surface area contributed by atoms with Crippen LogP contribution >= 0.6 is 0 Å². The van der Waals surface area contributed by atoms with Gasteiger partial charge in [-0.15, -0.1) is 5.10 Å². The van der Waals surface area contributed by atoms with E-state index in [1.165, 1.54) is 39.0 Å². The van der Waals surface area contributed by atoms with Crippen molar-refractivity contribution in [2.24, 2.45) is 10.4 Å². The second-order valence-corrected chi connectivity index (χ2v) is 10.4. The second-order valence-electron chi connectivity index (χ2n) is 10.4. The summed E-state index contributed by atoms with van der Waals surface area (Å²) < 4.78 is 23.3. The highest BCUT2D eigenvalue weighted by Gasteiger charge is 2.52. The van der Waals surface area contributed by atoms with E-state index >= 15 is 0 Å². The summed E-state index contributed by atoms with van der Waals surface area (Å²) in [5.41, 5.74) is 6.40. The van der Waals surface area contributed by atoms with Crippen molar-refractivity contribution in [2.45, 2.75) is 85.1 Å². The van der Waals surface area contributed by atoms with Crippen molar-refractivity contribution in [1.82, 2.24) is 19.6 Å². The Hall–Kier alpha value is -2.84. The van der Waals surface area contributed by atoms with Crippen LogP contribution in [0.5, 0.6) is 0 Å². The predicted molar refractivity (Wildman–Crippen MR) is 139 cm³/mol. The van der Waals surface area contributed by atoms with Gasteiger partial charge in [0.2, 0.25) is 12.4 Å². The molecule has 0 atom stereocenters. The molecule has 3 aromatic rings. The van der Waals surface area contributed by atoms with Crippen LogP contribution in [-0.4, -0.2) is 45.1 Å². The highest BCUT2D eigenvalue weighted by molar-refractivity contribution is 6.36. The van der Waals surface area contributed by atoms with Gasteiger partial charge in [-0.2, -0.15) is 0 Å². The average Bonchev–Trinajstić information content (AvgIpc) is 3.46. The summed E-state index contributed by atoms with van der Waals surface area (Å²) in [7, 11) is 6.41. The molecule has 0 saturated heterocycles. The number of nitrogens with zero attached hydrogens (tertiary/aromatic N) is 5. The standard InChI is InChI=1S/C23H27BN6.C3H6F2/c1-14(2)25-17-5-6-18(26-15(17)3)16-7-12-30-19(16)20(24)27-21(29-30)28-23-10-8-22(4,13-23)9-11-23;1-2-3(4)5/h5-7,12H,8-11,13H2,1-4H3,(H,28,29);3H,2H2,1H3. The highest BCUT2D eigenvalue weighted by atomic mass is 19.3. The molecule has 2 radical (unpaired) electrons. The van der Waals surface area contributed by atoms with Crippen molar-refractivity contribution < 1.29 is 8.78 Å². The second kappa shape index (κ2) is 9.67. The lowest BCUT2D eigenvalue weighted by Crippen LogP contribution is -2.35. The maximum absolute atomic E-state index is 10.8. The third-order valence-electron chi connectivity index (χ3n) is 7.08. The van der Waals surface area contributed by atoms with Crippen LogP contribution < -0.4 is 10.9 Å². The van der Waals surface area contributed by atoms with E-state index in [-0.39, 0.29) is 12.0 Å². The van der Waals surface area contributed by atoms with Gasteiger partial charge in [-0.1, -0.05) is 13.8 Å². The Kier molecular flexibility index (Phi) is 6.98. The first kappa shape index (κ1) is 25.3. The maximum atomic E-state index is 10.8. The molecule has 35 heavy (non-hydrogen) atoms. The van der Waals surface area contributed by atoms with Crippen LogP contribution in [0.25, 0.3) is 16.8 Å². The number of rotatable bonds is 5. The molecular weight excluding hydrogens is 445 g/mol. The quantitative estimate of drug-likeness (QED) is 0.372. The average molecular weight is 478 g/mol. The molecule has 9 heteroatoms. The molecule has 6 nitrogen and oxygen atoms in total. The van der Waals surface area contributed by atoms with Gasteiger partial charge in [-0.05, 0) is 76.5 Å². The lowest BCUT2D eigenvalue weighted by atomic mass is 9.86. The monoisotopic (exact) mass is 478 g/mol. The lowest BCUT2D eigenvalue weighted by molar-refractivity contribution is 0.144. The summed E-state index contributed by atoms with van der Waals surface area (Å²) in [5, 5.41) is 8.36. The minimum absolute atomic E-state index is 0.0278. The minimum atomic E-state index is -2.12. The number of alkyl halides is 2. The number of hydrogen-bond donors (Lipinski definition) is 1. The van der Waals surface area contributed by atoms with Crippen LogP contribution in [0.2, 0.25) is 0 Å². The molecule has 2 aliphatic carbocycles. The van der Waals surface area contributed by atoms with Crippen LogP contribution in [0.4, 0.5) is 20.4 Å². The van der Waals surface area contributed by atoms with Gasteiger partial charge < -0.3 is 5.32 Å². The number of halogens is 2. The molecule has 3 aromatic heterocycles. The summed E-state index contributed by atoms with van der Waals surface area (Å²) in [5.74, 6) is 0.612. The molecule has 3 heterocycles. The Balaban J connectivity index is 0.000000527. The van der Waals surface area contributed by atoms with Gasteiger partial charge in [0.15, 0.2) is 0 Å². The van der Waals surface area contributed by atoms with Crippen molar-refractivity contribution >= 4 is 36.3 Å². The fraction of sp³-hybridized carbons (Fsp3) is 0.538. The Morgan fingerprint density at radius 3 is 2.40 bits per heavy atom. The summed E-state index contributed by atoms with van der Waals surface area (Å²) >= 11 is 0. The summed E-state index contributed by atoms with van der Waals surface area (Å²) in [6.45, 7) is 9.78. The molecule has 2 aliphatic rings. The normalized spacial score (nSPS) is 22.9. The molecular formula is C26H33BF2N6. The zero-order valence-corrected chi connectivity index (χ0v) is 21.2. The molecule has 184 valence electrons. The van der Waals surface area contributed by atoms with E-state index in [4.69, 9.17) is 17.9 Å². The molecule has 2 bridgehead atoms. The number of hydrogen-bond acceptors (Lipinski definition) is 5. The largest absolute Gasteiger partial charge is 0.348 e. The van der Waals surface area contributed by atoms with Gasteiger partial charge in [-0.3, -0.25) is 9.98 Å². The molecule has 5 rings (SSSR count). The first-order chi connectivity index (χ1) is 16.5. The molecule has 0 aliphatic heterocycles. The number of fused-ring (bicyclic) bond motifs is 3. The Morgan fingerprint density at radius 2 is 1.86 bits per heavy atom. The smallest absolute Gasteiger partial charge is 0.240 e. The zero-order valence-electron chi connectivity index (χ0n) is 21.2. The molecule has 2 fully saturated rings. The molecule has 0 amide bonds. The summed E-state index contributed by atoms with van der Waals surface area (Å²) in [6, 6.07) is 5.98. The van der Waals surface area contributed by atoms with Crippen LogP contribution in [0.15, 0.2) is 29.4 Å². The van der Waals surface area contributed by atoms with Crippen molar-refractivity contribution in [3.05, 3.63) is 30.1 Å². The van der Waals surface area contributed by atoms with Gasteiger partial charge in [0, 0.05) is 35.0 Å². The van der Waals surface area contributed by atoms with Gasteiger partial charge in [0.05, 0.1) is 22.6 Å². The van der Waals surface area contributed by atoms with E-state index in [2.05, 4.69) is 22.2 Å². The zero-order chi connectivity index (χ0) is 25.4. The predicted octanol–water partition coefficient (Wildman–Crippen LogP) is 5.80. The van der Waals surface area contributed by atoms with Crippen molar-refractivity contribution in [1.29, 1.82) is 0 Å². The lowest BCUT2D eigenvalue weighted by Gasteiger charge is -2.28. The maximum Gasteiger partial charge on any atom is 0.240 e. The van der Waals surface area contributed by atoms with Gasteiger partial charge in [0.1, 0.15) is 7.85 Å². The van der Waals surface area contributed by atoms with Crippen LogP contribution in [0, 0.1) is 12.3 Å². The SMILES string of the molecule is CCC(F)F.[B]c1nc(NC23CCC(C)(CC2)C3)nn2ccc(-c3ccc(N=C(C)C)c(C)n3)c12. The van der Waals surface area contributed by atoms with E-state index in [9.17, 15) is 8.78 Å². The minimum Gasteiger partial charge on any atom is -0.348 e. The molecule has 2 saturated carbocycles. The van der Waals surface area contributed by atoms with Gasteiger partial charge >= 0.3 is 0 Å². The van der Waals surface area contributed by atoms with Crippen LogP contribution in [0.1, 0.15) is 71.9 Å². The fourth-order valence-electron chi connectivity index (χ4n) is 5.28. The third-order valence-corrected chi connectivity index (χ3v) is 7.08. The van der Waals surface area contributed by atoms with Crippen molar-refractivity contribution in [3.63, 3.8) is 0 Å².